The molecule has 2 amide bonds. The SMILES string of the molecule is COc1ccc(C2C(Cl)C(=O)N2NC(=O)c2cnc3c(ccc4[nH]c(Cl)cc(C)c43)c2=O)cc1. The first-order valence-electron chi connectivity index (χ1n) is 10.3. The van der Waals surface area contributed by atoms with E-state index in [1.165, 1.54) is 6.20 Å². The summed E-state index contributed by atoms with van der Waals surface area (Å²) < 4.78 is 5.15. The molecule has 2 atom stereocenters. The maximum Gasteiger partial charge on any atom is 0.275 e. The maximum atomic E-state index is 13.2. The molecule has 10 heteroatoms. The molecule has 1 aliphatic rings. The number of fused-ring (bicyclic) bond motifs is 3. The van der Waals surface area contributed by atoms with Crippen LogP contribution in [0.5, 0.6) is 5.75 Å². The quantitative estimate of drug-likeness (QED) is 0.193. The maximum absolute atomic E-state index is 13.2. The van der Waals surface area contributed by atoms with Crippen LogP contribution >= 0.6 is 23.2 Å². The molecule has 2 unspecified atom stereocenters. The van der Waals surface area contributed by atoms with Gasteiger partial charge in [0, 0.05) is 22.5 Å². The number of methoxy groups -OCH3 is 1. The van der Waals surface area contributed by atoms with Gasteiger partial charge in [-0.1, -0.05) is 23.7 Å². The van der Waals surface area contributed by atoms with Gasteiger partial charge in [0.05, 0.1) is 12.6 Å². The Morgan fingerprint density at radius 3 is 2.62 bits per heavy atom. The zero-order valence-corrected chi connectivity index (χ0v) is 19.6. The first-order chi connectivity index (χ1) is 16.3. The molecule has 0 radical (unpaired) electrons. The van der Waals surface area contributed by atoms with E-state index in [0.717, 1.165) is 27.0 Å². The average molecular weight is 497 g/mol. The van der Waals surface area contributed by atoms with Crippen molar-refractivity contribution in [2.75, 3.05) is 7.11 Å². The number of nitrogens with zero attached hydrogens (tertiary/aromatic N) is 2. The summed E-state index contributed by atoms with van der Waals surface area (Å²) in [5, 5.41) is 1.79. The molecular formula is C24H18Cl2N4O4. The minimum Gasteiger partial charge on any atom is -0.497 e. The molecule has 3 heterocycles. The number of hydrazine groups is 1. The van der Waals surface area contributed by atoms with E-state index in [2.05, 4.69) is 15.4 Å². The van der Waals surface area contributed by atoms with E-state index >= 15 is 0 Å². The van der Waals surface area contributed by atoms with E-state index < -0.39 is 28.7 Å². The number of alkyl halides is 1. The van der Waals surface area contributed by atoms with Crippen LogP contribution in [0.15, 0.2) is 53.5 Å². The lowest BCUT2D eigenvalue weighted by Crippen LogP contribution is -2.63. The molecule has 0 saturated carbocycles. The minimum atomic E-state index is -0.840. The van der Waals surface area contributed by atoms with Gasteiger partial charge in [0.1, 0.15) is 27.9 Å². The van der Waals surface area contributed by atoms with Gasteiger partial charge in [0.15, 0.2) is 0 Å². The second-order valence-corrected chi connectivity index (χ2v) is 8.83. The van der Waals surface area contributed by atoms with Crippen LogP contribution in [-0.2, 0) is 4.79 Å². The number of ether oxygens (including phenoxy) is 1. The fourth-order valence-electron chi connectivity index (χ4n) is 4.20. The fourth-order valence-corrected chi connectivity index (χ4v) is 4.83. The van der Waals surface area contributed by atoms with E-state index in [4.69, 9.17) is 27.9 Å². The Hall–Kier alpha value is -3.62. The van der Waals surface area contributed by atoms with Crippen molar-refractivity contribution in [3.05, 3.63) is 80.7 Å². The van der Waals surface area contributed by atoms with Gasteiger partial charge in [-0.2, -0.15) is 0 Å². The highest BCUT2D eigenvalue weighted by molar-refractivity contribution is 6.33. The Balaban J connectivity index is 1.48. The second kappa shape index (κ2) is 8.30. The molecule has 2 N–H and O–H groups in total. The van der Waals surface area contributed by atoms with Gasteiger partial charge in [-0.15, -0.1) is 11.6 Å². The third-order valence-corrected chi connectivity index (χ3v) is 6.56. The largest absolute Gasteiger partial charge is 0.497 e. The number of aromatic amines is 1. The lowest BCUT2D eigenvalue weighted by Gasteiger charge is -2.43. The molecule has 1 fully saturated rings. The van der Waals surface area contributed by atoms with Crippen molar-refractivity contribution in [3.63, 3.8) is 0 Å². The standard InChI is InChI=1S/C24H18Cl2N4O4/c1-11-9-17(25)28-16-8-7-14-20(18(11)16)27-10-15(22(14)31)23(32)29-30-21(19(26)24(30)33)12-3-5-13(34-2)6-4-12/h3-10,19,21,28H,1-2H3,(H,29,32). The molecule has 1 saturated heterocycles. The zero-order valence-electron chi connectivity index (χ0n) is 18.1. The van der Waals surface area contributed by atoms with E-state index in [0.29, 0.717) is 16.4 Å². The Morgan fingerprint density at radius 1 is 1.18 bits per heavy atom. The topological polar surface area (TPSA) is 104 Å². The van der Waals surface area contributed by atoms with Crippen LogP contribution < -0.4 is 15.6 Å². The number of halogens is 2. The average Bonchev–Trinajstić information content (AvgIpc) is 2.83. The van der Waals surface area contributed by atoms with Gasteiger partial charge < -0.3 is 9.72 Å². The number of carbonyl (C=O) groups is 2. The summed E-state index contributed by atoms with van der Waals surface area (Å²) >= 11 is 12.3. The number of aromatic nitrogens is 2. The third-order valence-electron chi connectivity index (χ3n) is 5.93. The monoisotopic (exact) mass is 496 g/mol. The number of hydrogen-bond acceptors (Lipinski definition) is 5. The minimum absolute atomic E-state index is 0.179. The molecular weight excluding hydrogens is 479 g/mol. The van der Waals surface area contributed by atoms with Crippen molar-refractivity contribution in [1.29, 1.82) is 0 Å². The molecule has 0 aliphatic carbocycles. The van der Waals surface area contributed by atoms with Crippen LogP contribution in [-0.4, -0.2) is 39.3 Å². The zero-order chi connectivity index (χ0) is 24.1. The molecule has 34 heavy (non-hydrogen) atoms. The van der Waals surface area contributed by atoms with E-state index in [9.17, 15) is 14.4 Å². The Labute approximate surface area is 203 Å². The summed E-state index contributed by atoms with van der Waals surface area (Å²) in [7, 11) is 1.55. The molecule has 8 nitrogen and oxygen atoms in total. The van der Waals surface area contributed by atoms with Gasteiger partial charge in [-0.05, 0) is 48.4 Å². The highest BCUT2D eigenvalue weighted by atomic mass is 35.5. The summed E-state index contributed by atoms with van der Waals surface area (Å²) in [4.78, 5) is 46.0. The smallest absolute Gasteiger partial charge is 0.275 e. The van der Waals surface area contributed by atoms with Crippen LogP contribution in [0, 0.1) is 6.92 Å². The Bertz CT molecular complexity index is 1530. The molecule has 4 aromatic rings. The van der Waals surface area contributed by atoms with Crippen molar-refractivity contribution in [2.45, 2.75) is 18.3 Å². The van der Waals surface area contributed by atoms with Crippen LogP contribution in [0.2, 0.25) is 5.15 Å². The van der Waals surface area contributed by atoms with E-state index in [-0.39, 0.29) is 10.9 Å². The first-order valence-corrected chi connectivity index (χ1v) is 11.1. The van der Waals surface area contributed by atoms with E-state index in [1.54, 1.807) is 49.6 Å². The van der Waals surface area contributed by atoms with Crippen LogP contribution in [0.1, 0.15) is 27.5 Å². The summed E-state index contributed by atoms with van der Waals surface area (Å²) in [6.45, 7) is 1.87. The number of H-pyrrole nitrogens is 1. The first kappa shape index (κ1) is 22.2. The van der Waals surface area contributed by atoms with Crippen molar-refractivity contribution in [3.8, 4) is 5.75 Å². The molecule has 0 spiro atoms. The highest BCUT2D eigenvalue weighted by Gasteiger charge is 2.48. The van der Waals surface area contributed by atoms with Gasteiger partial charge in [0.2, 0.25) is 5.43 Å². The van der Waals surface area contributed by atoms with Crippen molar-refractivity contribution < 1.29 is 14.3 Å². The number of aryl methyl sites for hydroxylation is 1. The normalized spacial score (nSPS) is 17.6. The lowest BCUT2D eigenvalue weighted by molar-refractivity contribution is -0.149. The summed E-state index contributed by atoms with van der Waals surface area (Å²) in [5.41, 5.74) is 4.59. The molecule has 1 aliphatic heterocycles. The van der Waals surface area contributed by atoms with Crippen molar-refractivity contribution in [1.82, 2.24) is 20.4 Å². The predicted octanol–water partition coefficient (Wildman–Crippen LogP) is 3.88. The lowest BCUT2D eigenvalue weighted by atomic mass is 9.95. The number of nitrogens with one attached hydrogen (secondary N) is 2. The van der Waals surface area contributed by atoms with Crippen LogP contribution in [0.25, 0.3) is 21.8 Å². The molecule has 2 aromatic heterocycles. The van der Waals surface area contributed by atoms with E-state index in [1.807, 2.05) is 6.92 Å². The van der Waals surface area contributed by atoms with Crippen molar-refractivity contribution in [2.24, 2.45) is 0 Å². The van der Waals surface area contributed by atoms with Gasteiger partial charge in [0.25, 0.3) is 11.8 Å². The van der Waals surface area contributed by atoms with Crippen molar-refractivity contribution >= 4 is 56.8 Å². The number of carbonyl (C=O) groups excluding carboxylic acids is 2. The predicted molar refractivity (Wildman–Crippen MR) is 129 cm³/mol. The Kier molecular flexibility index (Phi) is 5.42. The molecule has 0 bridgehead atoms. The van der Waals surface area contributed by atoms with Gasteiger partial charge in [-0.3, -0.25) is 24.8 Å². The number of benzene rings is 2. The molecule has 5 rings (SSSR count). The van der Waals surface area contributed by atoms with Crippen LogP contribution in [0.4, 0.5) is 0 Å². The number of rotatable bonds is 4. The molecule has 172 valence electrons. The van der Waals surface area contributed by atoms with Crippen LogP contribution in [0.3, 0.4) is 0 Å². The fraction of sp³-hybridized carbons (Fsp3) is 0.167. The Morgan fingerprint density at radius 2 is 1.91 bits per heavy atom. The number of β-lactam (4-membered cyclic amide) rings is 1. The summed E-state index contributed by atoms with van der Waals surface area (Å²) in [6.07, 6.45) is 1.22. The third kappa shape index (κ3) is 3.46. The summed E-state index contributed by atoms with van der Waals surface area (Å²) in [6, 6.07) is 11.5. The molecule has 2 aromatic carbocycles. The number of hydrogen-bond donors (Lipinski definition) is 2. The number of pyridine rings is 2. The van der Waals surface area contributed by atoms with Gasteiger partial charge >= 0.3 is 0 Å². The highest BCUT2D eigenvalue weighted by Crippen LogP contribution is 2.37. The number of amides is 2. The second-order valence-electron chi connectivity index (χ2n) is 7.95. The van der Waals surface area contributed by atoms with Gasteiger partial charge in [-0.25, -0.2) is 5.01 Å². The summed E-state index contributed by atoms with van der Waals surface area (Å²) in [5.74, 6) is -0.558.